The van der Waals surface area contributed by atoms with Crippen LogP contribution in [0.3, 0.4) is 0 Å². The van der Waals surface area contributed by atoms with Crippen molar-refractivity contribution in [3.8, 4) is 0 Å². The van der Waals surface area contributed by atoms with Gasteiger partial charge >= 0.3 is 0 Å². The highest BCUT2D eigenvalue weighted by molar-refractivity contribution is 5.94. The monoisotopic (exact) mass is 271 g/mol. The average Bonchev–Trinajstić information content (AvgIpc) is 2.85. The second kappa shape index (κ2) is 5.08. The molecule has 0 radical (unpaired) electrons. The average molecular weight is 271 g/mol. The Labute approximate surface area is 113 Å². The van der Waals surface area contributed by atoms with Crippen LogP contribution in [0.25, 0.3) is 11.0 Å². The molecule has 5 nitrogen and oxygen atoms in total. The molecule has 1 N–H and O–H groups in total. The molecule has 2 aromatic heterocycles. The highest BCUT2D eigenvalue weighted by Gasteiger charge is 2.12. The summed E-state index contributed by atoms with van der Waals surface area (Å²) in [5.41, 5.74) is 1.64. The smallest absolute Gasteiger partial charge is 0.230 e. The van der Waals surface area contributed by atoms with Gasteiger partial charge in [-0.25, -0.2) is 4.98 Å². The third-order valence-electron chi connectivity index (χ3n) is 2.79. The Morgan fingerprint density at radius 3 is 2.90 bits per heavy atom. The minimum Gasteiger partial charge on any atom is -0.356 e. The number of hydrogen-bond donors (Lipinski definition) is 1. The lowest BCUT2D eigenvalue weighted by atomic mass is 10.1. The van der Waals surface area contributed by atoms with Crippen molar-refractivity contribution in [1.82, 2.24) is 10.1 Å². The highest BCUT2D eigenvalue weighted by atomic mass is 19.1. The maximum atomic E-state index is 12.7. The number of benzene rings is 1. The van der Waals surface area contributed by atoms with Gasteiger partial charge in [0.1, 0.15) is 5.69 Å². The Kier molecular flexibility index (Phi) is 3.12. The van der Waals surface area contributed by atoms with Crippen molar-refractivity contribution in [2.45, 2.75) is 6.42 Å². The van der Waals surface area contributed by atoms with Crippen LogP contribution < -0.4 is 5.32 Å². The first kappa shape index (κ1) is 12.3. The Bertz CT molecular complexity index is 752. The number of pyridine rings is 1. The van der Waals surface area contributed by atoms with Gasteiger partial charge in [0, 0.05) is 5.39 Å². The summed E-state index contributed by atoms with van der Waals surface area (Å²) in [5.74, 6) is -0.858. The number of nitrogens with zero attached hydrogens (tertiary/aromatic N) is 2. The van der Waals surface area contributed by atoms with Crippen LogP contribution in [0.5, 0.6) is 0 Å². The summed E-state index contributed by atoms with van der Waals surface area (Å²) in [4.78, 5) is 15.4. The molecule has 0 aliphatic rings. The SMILES string of the molecule is O=C(Cc1noc2ccccc12)Nc1ccc(F)nc1. The van der Waals surface area contributed by atoms with E-state index < -0.39 is 5.95 Å². The standard InChI is InChI=1S/C14H10FN3O2/c15-13-6-5-9(8-16-13)17-14(19)7-11-10-3-1-2-4-12(10)20-18-11/h1-6,8H,7H2,(H,17,19). The number of fused-ring (bicyclic) bond motifs is 1. The third-order valence-corrected chi connectivity index (χ3v) is 2.79. The Hall–Kier alpha value is -2.76. The van der Waals surface area contributed by atoms with Crippen LogP contribution in [0.4, 0.5) is 10.1 Å². The molecule has 0 aliphatic carbocycles. The number of carbonyl (C=O) groups excluding carboxylic acids is 1. The predicted octanol–water partition coefficient (Wildman–Crippen LogP) is 2.54. The molecule has 0 fully saturated rings. The van der Waals surface area contributed by atoms with Crippen molar-refractivity contribution >= 4 is 22.6 Å². The van der Waals surface area contributed by atoms with E-state index in [0.717, 1.165) is 5.39 Å². The minimum atomic E-state index is -0.592. The largest absolute Gasteiger partial charge is 0.356 e. The van der Waals surface area contributed by atoms with Crippen LogP contribution in [0.1, 0.15) is 5.69 Å². The molecule has 3 aromatic rings. The number of aromatic nitrogens is 2. The maximum absolute atomic E-state index is 12.7. The fraction of sp³-hybridized carbons (Fsp3) is 0.0714. The van der Waals surface area contributed by atoms with Gasteiger partial charge in [-0.1, -0.05) is 17.3 Å². The van der Waals surface area contributed by atoms with Crippen molar-refractivity contribution in [2.24, 2.45) is 0 Å². The lowest BCUT2D eigenvalue weighted by Crippen LogP contribution is -2.14. The lowest BCUT2D eigenvalue weighted by molar-refractivity contribution is -0.115. The van der Waals surface area contributed by atoms with E-state index in [1.165, 1.54) is 18.3 Å². The molecule has 0 spiro atoms. The van der Waals surface area contributed by atoms with Crippen molar-refractivity contribution in [3.05, 3.63) is 54.2 Å². The third kappa shape index (κ3) is 2.49. The number of anilines is 1. The summed E-state index contributed by atoms with van der Waals surface area (Å²) in [6.07, 6.45) is 1.34. The van der Waals surface area contributed by atoms with Gasteiger partial charge in [-0.15, -0.1) is 0 Å². The fourth-order valence-corrected chi connectivity index (χ4v) is 1.87. The van der Waals surface area contributed by atoms with Crippen LogP contribution in [-0.2, 0) is 11.2 Å². The van der Waals surface area contributed by atoms with E-state index in [1.807, 2.05) is 18.2 Å². The zero-order valence-corrected chi connectivity index (χ0v) is 10.3. The summed E-state index contributed by atoms with van der Waals surface area (Å²) < 4.78 is 17.8. The molecular weight excluding hydrogens is 261 g/mol. The summed E-state index contributed by atoms with van der Waals surface area (Å²) in [5, 5.41) is 7.31. The van der Waals surface area contributed by atoms with Crippen LogP contribution in [-0.4, -0.2) is 16.0 Å². The van der Waals surface area contributed by atoms with Crippen molar-refractivity contribution in [1.29, 1.82) is 0 Å². The second-order valence-electron chi connectivity index (χ2n) is 4.22. The van der Waals surface area contributed by atoms with Crippen LogP contribution >= 0.6 is 0 Å². The molecule has 3 rings (SSSR count). The first-order chi connectivity index (χ1) is 9.72. The van der Waals surface area contributed by atoms with Crippen molar-refractivity contribution in [3.63, 3.8) is 0 Å². The van der Waals surface area contributed by atoms with Gasteiger partial charge in [-0.3, -0.25) is 4.79 Å². The molecule has 1 aromatic carbocycles. The van der Waals surface area contributed by atoms with Crippen LogP contribution in [0.15, 0.2) is 47.1 Å². The number of carbonyl (C=O) groups is 1. The Balaban J connectivity index is 1.74. The molecule has 6 heteroatoms. The Morgan fingerprint density at radius 2 is 2.10 bits per heavy atom. The molecule has 20 heavy (non-hydrogen) atoms. The summed E-state index contributed by atoms with van der Waals surface area (Å²) in [7, 11) is 0. The minimum absolute atomic E-state index is 0.0778. The van der Waals surface area contributed by atoms with Gasteiger partial charge in [-0.05, 0) is 24.3 Å². The van der Waals surface area contributed by atoms with E-state index >= 15 is 0 Å². The quantitative estimate of drug-likeness (QED) is 0.743. The van der Waals surface area contributed by atoms with E-state index in [-0.39, 0.29) is 12.3 Å². The van der Waals surface area contributed by atoms with Crippen molar-refractivity contribution in [2.75, 3.05) is 5.32 Å². The highest BCUT2D eigenvalue weighted by Crippen LogP contribution is 2.18. The van der Waals surface area contributed by atoms with Crippen LogP contribution in [0.2, 0.25) is 0 Å². The molecule has 0 aliphatic heterocycles. The normalized spacial score (nSPS) is 10.7. The zero-order valence-electron chi connectivity index (χ0n) is 10.3. The van der Waals surface area contributed by atoms with E-state index in [1.54, 1.807) is 6.07 Å². The summed E-state index contributed by atoms with van der Waals surface area (Å²) in [6.45, 7) is 0. The van der Waals surface area contributed by atoms with E-state index in [2.05, 4.69) is 15.5 Å². The second-order valence-corrected chi connectivity index (χ2v) is 4.22. The molecule has 100 valence electrons. The van der Waals surface area contributed by atoms with Gasteiger partial charge in [0.05, 0.1) is 18.3 Å². The summed E-state index contributed by atoms with van der Waals surface area (Å²) in [6, 6.07) is 9.94. The predicted molar refractivity (Wildman–Crippen MR) is 70.5 cm³/mol. The van der Waals surface area contributed by atoms with Crippen molar-refractivity contribution < 1.29 is 13.7 Å². The molecule has 0 atom stereocenters. The number of hydrogen-bond acceptors (Lipinski definition) is 4. The number of nitrogens with one attached hydrogen (secondary N) is 1. The van der Waals surface area contributed by atoms with E-state index in [0.29, 0.717) is 17.0 Å². The molecule has 0 saturated heterocycles. The topological polar surface area (TPSA) is 68.0 Å². The first-order valence-corrected chi connectivity index (χ1v) is 5.97. The first-order valence-electron chi connectivity index (χ1n) is 5.97. The van der Waals surface area contributed by atoms with Crippen LogP contribution in [0, 0.1) is 5.95 Å². The van der Waals surface area contributed by atoms with Gasteiger partial charge < -0.3 is 9.84 Å². The molecular formula is C14H10FN3O2. The number of para-hydroxylation sites is 1. The Morgan fingerprint density at radius 1 is 1.25 bits per heavy atom. The van der Waals surface area contributed by atoms with Gasteiger partial charge in [-0.2, -0.15) is 4.39 Å². The van der Waals surface area contributed by atoms with Gasteiger partial charge in [0.15, 0.2) is 5.58 Å². The molecule has 0 saturated carbocycles. The van der Waals surface area contributed by atoms with Gasteiger partial charge in [0.2, 0.25) is 11.9 Å². The molecule has 2 heterocycles. The lowest BCUT2D eigenvalue weighted by Gasteiger charge is -2.02. The zero-order chi connectivity index (χ0) is 13.9. The maximum Gasteiger partial charge on any atom is 0.230 e. The van der Waals surface area contributed by atoms with E-state index in [9.17, 15) is 9.18 Å². The van der Waals surface area contributed by atoms with E-state index in [4.69, 9.17) is 4.52 Å². The number of amides is 1. The molecule has 1 amide bonds. The molecule has 0 unspecified atom stereocenters. The number of rotatable bonds is 3. The molecule has 0 bridgehead atoms. The summed E-state index contributed by atoms with van der Waals surface area (Å²) >= 11 is 0. The fourth-order valence-electron chi connectivity index (χ4n) is 1.87. The number of halogens is 1. The van der Waals surface area contributed by atoms with Gasteiger partial charge in [0.25, 0.3) is 0 Å².